The van der Waals surface area contributed by atoms with Crippen LogP contribution in [0.5, 0.6) is 0 Å². The minimum absolute atomic E-state index is 0.853. The van der Waals surface area contributed by atoms with E-state index in [2.05, 4.69) is 47.8 Å². The highest BCUT2D eigenvalue weighted by atomic mass is 15.2. The third kappa shape index (κ3) is 2.41. The van der Waals surface area contributed by atoms with Gasteiger partial charge in [0.05, 0.1) is 17.9 Å². The summed E-state index contributed by atoms with van der Waals surface area (Å²) in [5.74, 6) is 0.853. The Morgan fingerprint density at radius 3 is 3.00 bits per heavy atom. The van der Waals surface area contributed by atoms with Crippen molar-refractivity contribution in [2.24, 2.45) is 10.9 Å². The van der Waals surface area contributed by atoms with E-state index in [9.17, 15) is 0 Å². The maximum absolute atomic E-state index is 4.61. The molecule has 1 unspecified atom stereocenters. The second kappa shape index (κ2) is 5.47. The second-order valence-electron chi connectivity index (χ2n) is 6.19. The molecule has 1 aromatic rings. The third-order valence-electron chi connectivity index (χ3n) is 4.69. The van der Waals surface area contributed by atoms with Crippen LogP contribution in [0.1, 0.15) is 31.7 Å². The van der Waals surface area contributed by atoms with Gasteiger partial charge >= 0.3 is 0 Å². The number of nitrogens with zero attached hydrogens (tertiary/aromatic N) is 3. The molecule has 1 saturated heterocycles. The molecule has 0 saturated carbocycles. The maximum Gasteiger partial charge on any atom is 0.0883 e. The summed E-state index contributed by atoms with van der Waals surface area (Å²) in [6.45, 7) is 7.82. The Morgan fingerprint density at radius 2 is 2.20 bits per heavy atom. The molecule has 1 atom stereocenters. The lowest BCUT2D eigenvalue weighted by Crippen LogP contribution is -2.35. The lowest BCUT2D eigenvalue weighted by Gasteiger charge is -2.35. The molecule has 1 aromatic carbocycles. The highest BCUT2D eigenvalue weighted by Gasteiger charge is 2.21. The summed E-state index contributed by atoms with van der Waals surface area (Å²) < 4.78 is 0. The van der Waals surface area contributed by atoms with Gasteiger partial charge in [-0.1, -0.05) is 13.3 Å². The first kappa shape index (κ1) is 13.5. The van der Waals surface area contributed by atoms with Crippen molar-refractivity contribution >= 4 is 23.3 Å². The molecule has 3 nitrogen and oxygen atoms in total. The summed E-state index contributed by atoms with van der Waals surface area (Å²) in [5.41, 5.74) is 5.12. The van der Waals surface area contributed by atoms with Gasteiger partial charge in [0.25, 0.3) is 0 Å². The summed E-state index contributed by atoms with van der Waals surface area (Å²) in [6, 6.07) is 4.61. The van der Waals surface area contributed by atoms with Gasteiger partial charge in [-0.3, -0.25) is 4.99 Å². The molecule has 0 aliphatic carbocycles. The minimum atomic E-state index is 0.853. The van der Waals surface area contributed by atoms with E-state index in [0.29, 0.717) is 0 Å². The number of anilines is 2. The normalized spacial score (nSPS) is 22.1. The molecular weight excluding hydrogens is 246 g/mol. The molecule has 2 aliphatic heterocycles. The van der Waals surface area contributed by atoms with E-state index in [4.69, 9.17) is 0 Å². The average Bonchev–Trinajstić information content (AvgIpc) is 2.47. The zero-order chi connectivity index (χ0) is 14.1. The van der Waals surface area contributed by atoms with E-state index in [-0.39, 0.29) is 0 Å². The number of aliphatic imine (C=N–C) groups is 1. The van der Waals surface area contributed by atoms with Gasteiger partial charge in [0.2, 0.25) is 0 Å². The Labute approximate surface area is 122 Å². The van der Waals surface area contributed by atoms with Gasteiger partial charge < -0.3 is 9.80 Å². The lowest BCUT2D eigenvalue weighted by molar-refractivity contribution is 0.405. The van der Waals surface area contributed by atoms with Crippen LogP contribution >= 0.6 is 0 Å². The molecule has 0 aromatic heterocycles. The van der Waals surface area contributed by atoms with E-state index >= 15 is 0 Å². The molecule has 0 spiro atoms. The van der Waals surface area contributed by atoms with Crippen molar-refractivity contribution < 1.29 is 0 Å². The van der Waals surface area contributed by atoms with Gasteiger partial charge in [-0.25, -0.2) is 0 Å². The predicted molar refractivity (Wildman–Crippen MR) is 87.8 cm³/mol. The van der Waals surface area contributed by atoms with Crippen LogP contribution in [0.4, 0.5) is 17.1 Å². The fraction of sp³-hybridized carbons (Fsp3) is 0.588. The van der Waals surface area contributed by atoms with Gasteiger partial charge in [-0.05, 0) is 43.4 Å². The molecule has 2 heterocycles. The van der Waals surface area contributed by atoms with E-state index in [1.807, 2.05) is 6.21 Å². The first-order valence-corrected chi connectivity index (χ1v) is 7.82. The zero-order valence-corrected chi connectivity index (χ0v) is 12.9. The third-order valence-corrected chi connectivity index (χ3v) is 4.69. The van der Waals surface area contributed by atoms with Crippen LogP contribution in [0.3, 0.4) is 0 Å². The van der Waals surface area contributed by atoms with Crippen molar-refractivity contribution in [1.29, 1.82) is 0 Å². The summed E-state index contributed by atoms with van der Waals surface area (Å²) in [4.78, 5) is 9.44. The van der Waals surface area contributed by atoms with Gasteiger partial charge in [0, 0.05) is 32.0 Å². The average molecular weight is 271 g/mol. The van der Waals surface area contributed by atoms with E-state index in [0.717, 1.165) is 18.2 Å². The monoisotopic (exact) mass is 271 g/mol. The van der Waals surface area contributed by atoms with Crippen molar-refractivity contribution in [2.75, 3.05) is 36.5 Å². The number of rotatable bonds is 2. The fourth-order valence-electron chi connectivity index (χ4n) is 3.51. The molecule has 0 amide bonds. The number of hydrogen-bond acceptors (Lipinski definition) is 3. The van der Waals surface area contributed by atoms with Gasteiger partial charge in [-0.2, -0.15) is 0 Å². The van der Waals surface area contributed by atoms with Crippen molar-refractivity contribution in [3.05, 3.63) is 17.7 Å². The Kier molecular flexibility index (Phi) is 3.68. The Balaban J connectivity index is 1.92. The van der Waals surface area contributed by atoms with Gasteiger partial charge in [0.15, 0.2) is 0 Å². The quantitative estimate of drug-likeness (QED) is 0.815. The first-order chi connectivity index (χ1) is 9.69. The van der Waals surface area contributed by atoms with Crippen LogP contribution in [0, 0.1) is 12.8 Å². The maximum atomic E-state index is 4.61. The van der Waals surface area contributed by atoms with Crippen LogP contribution in [-0.2, 0) is 0 Å². The van der Waals surface area contributed by atoms with Crippen molar-refractivity contribution in [2.45, 2.75) is 33.1 Å². The number of piperidine rings is 1. The topological polar surface area (TPSA) is 18.8 Å². The van der Waals surface area contributed by atoms with Crippen LogP contribution in [0.15, 0.2) is 17.1 Å². The Hall–Kier alpha value is -1.51. The van der Waals surface area contributed by atoms with Gasteiger partial charge in [-0.15, -0.1) is 0 Å². The molecule has 0 bridgehead atoms. The number of hydrogen-bond donors (Lipinski definition) is 0. The summed E-state index contributed by atoms with van der Waals surface area (Å²) in [5, 5.41) is 0. The predicted octanol–water partition coefficient (Wildman–Crippen LogP) is 3.77. The first-order valence-electron chi connectivity index (χ1n) is 7.82. The molecule has 2 aliphatic rings. The Morgan fingerprint density at radius 1 is 1.35 bits per heavy atom. The van der Waals surface area contributed by atoms with Crippen LogP contribution in [0.25, 0.3) is 0 Å². The Bertz CT molecular complexity index is 521. The second-order valence-corrected chi connectivity index (χ2v) is 6.19. The smallest absolute Gasteiger partial charge is 0.0883 e. The highest BCUT2D eigenvalue weighted by molar-refractivity contribution is 5.85. The SMILES string of the molecule is CCC1CCCN(c2cc(C)c3c(c2)N=CCN3C)C1. The highest BCUT2D eigenvalue weighted by Crippen LogP contribution is 2.38. The fourth-order valence-corrected chi connectivity index (χ4v) is 3.51. The van der Waals surface area contributed by atoms with E-state index < -0.39 is 0 Å². The summed E-state index contributed by atoms with van der Waals surface area (Å²) in [6.07, 6.45) is 6.01. The number of aryl methyl sites for hydroxylation is 1. The van der Waals surface area contributed by atoms with Crippen molar-refractivity contribution in [3.8, 4) is 0 Å². The zero-order valence-electron chi connectivity index (χ0n) is 12.9. The van der Waals surface area contributed by atoms with Crippen LogP contribution < -0.4 is 9.80 Å². The van der Waals surface area contributed by atoms with Gasteiger partial charge in [0.1, 0.15) is 0 Å². The molecule has 3 rings (SSSR count). The number of benzene rings is 1. The van der Waals surface area contributed by atoms with Crippen LogP contribution in [0.2, 0.25) is 0 Å². The lowest BCUT2D eigenvalue weighted by atomic mass is 9.95. The van der Waals surface area contributed by atoms with E-state index in [1.165, 1.54) is 49.3 Å². The van der Waals surface area contributed by atoms with Crippen molar-refractivity contribution in [3.63, 3.8) is 0 Å². The number of fused-ring (bicyclic) bond motifs is 1. The summed E-state index contributed by atoms with van der Waals surface area (Å²) in [7, 11) is 2.14. The van der Waals surface area contributed by atoms with Crippen LogP contribution in [-0.4, -0.2) is 32.9 Å². The molecule has 1 fully saturated rings. The molecule has 108 valence electrons. The summed E-state index contributed by atoms with van der Waals surface area (Å²) >= 11 is 0. The van der Waals surface area contributed by atoms with E-state index in [1.54, 1.807) is 0 Å². The molecule has 0 N–H and O–H groups in total. The largest absolute Gasteiger partial charge is 0.371 e. The molecule has 3 heteroatoms. The van der Waals surface area contributed by atoms with Crippen molar-refractivity contribution in [1.82, 2.24) is 0 Å². The molecule has 20 heavy (non-hydrogen) atoms. The molecule has 0 radical (unpaired) electrons. The standard InChI is InChI=1S/C17H25N3/c1-4-14-6-5-8-20(12-14)15-10-13(2)17-16(11-15)18-7-9-19(17)3/h7,10-11,14H,4-6,8-9,12H2,1-3H3. The molecular formula is C17H25N3. The minimum Gasteiger partial charge on any atom is -0.371 e.